The molecule has 2 aromatic heterocycles. The Kier molecular flexibility index (Phi) is 5.08. The van der Waals surface area contributed by atoms with Gasteiger partial charge in [-0.25, -0.2) is 4.68 Å². The summed E-state index contributed by atoms with van der Waals surface area (Å²) in [5, 5.41) is 12.1. The molecule has 3 rings (SSSR count). The van der Waals surface area contributed by atoms with E-state index in [1.807, 2.05) is 0 Å². The zero-order chi connectivity index (χ0) is 19.6. The van der Waals surface area contributed by atoms with Gasteiger partial charge >= 0.3 is 6.18 Å². The monoisotopic (exact) mass is 399 g/mol. The zero-order valence-corrected chi connectivity index (χ0v) is 14.6. The Balaban J connectivity index is 1.75. The molecule has 1 amide bonds. The Labute approximate surface area is 156 Å². The molecule has 7 nitrogen and oxygen atoms in total. The number of hydrogen-bond acceptors (Lipinski definition) is 4. The van der Waals surface area contributed by atoms with Crippen LogP contribution < -0.4 is 10.1 Å². The molecule has 0 radical (unpaired) electrons. The van der Waals surface area contributed by atoms with Crippen LogP contribution in [0.4, 0.5) is 18.9 Å². The molecule has 0 fully saturated rings. The van der Waals surface area contributed by atoms with E-state index < -0.39 is 23.5 Å². The Morgan fingerprint density at radius 1 is 1.30 bits per heavy atom. The number of alkyl halides is 3. The summed E-state index contributed by atoms with van der Waals surface area (Å²) in [6.45, 7) is 1.26. The molecule has 0 aliphatic heterocycles. The summed E-state index contributed by atoms with van der Waals surface area (Å²) in [7, 11) is 0. The van der Waals surface area contributed by atoms with Crippen molar-refractivity contribution < 1.29 is 22.7 Å². The van der Waals surface area contributed by atoms with Crippen LogP contribution in [0, 0.1) is 6.92 Å². The van der Waals surface area contributed by atoms with Crippen LogP contribution in [0.3, 0.4) is 0 Å². The zero-order valence-electron chi connectivity index (χ0n) is 13.8. The molecule has 11 heteroatoms. The van der Waals surface area contributed by atoms with Crippen molar-refractivity contribution in [3.8, 4) is 5.75 Å². The lowest BCUT2D eigenvalue weighted by Gasteiger charge is -2.11. The van der Waals surface area contributed by atoms with Gasteiger partial charge in [0, 0.05) is 11.2 Å². The molecular formula is C16H13ClF3N5O2. The van der Waals surface area contributed by atoms with Gasteiger partial charge in [-0.1, -0.05) is 11.6 Å². The highest BCUT2D eigenvalue weighted by Crippen LogP contribution is 2.34. The molecule has 142 valence electrons. The van der Waals surface area contributed by atoms with Crippen LogP contribution in [0.25, 0.3) is 0 Å². The van der Waals surface area contributed by atoms with Crippen LogP contribution in [0.2, 0.25) is 5.02 Å². The number of rotatable bonds is 5. The van der Waals surface area contributed by atoms with E-state index in [4.69, 9.17) is 16.3 Å². The predicted octanol–water partition coefficient (Wildman–Crippen LogP) is 3.88. The lowest BCUT2D eigenvalue weighted by Crippen LogP contribution is -2.21. The molecular weight excluding hydrogens is 387 g/mol. The molecule has 0 bridgehead atoms. The van der Waals surface area contributed by atoms with Crippen LogP contribution in [0.5, 0.6) is 5.75 Å². The SMILES string of the molecule is Cc1[nH]nc(C(F)(F)F)c1NC(=O)c1ccnn1COc1ccc(Cl)cc1. The lowest BCUT2D eigenvalue weighted by atomic mass is 10.2. The number of aryl methyl sites for hydroxylation is 1. The highest BCUT2D eigenvalue weighted by Gasteiger charge is 2.38. The first-order valence-electron chi connectivity index (χ1n) is 7.59. The number of hydrogen-bond donors (Lipinski definition) is 2. The second-order valence-corrected chi connectivity index (χ2v) is 5.90. The maximum Gasteiger partial charge on any atom is 0.437 e. The third-order valence-electron chi connectivity index (χ3n) is 3.57. The van der Waals surface area contributed by atoms with Crippen molar-refractivity contribution in [3.63, 3.8) is 0 Å². The summed E-state index contributed by atoms with van der Waals surface area (Å²) in [6.07, 6.45) is -3.36. The topological polar surface area (TPSA) is 84.8 Å². The molecule has 3 aromatic rings. The highest BCUT2D eigenvalue weighted by molar-refractivity contribution is 6.30. The van der Waals surface area contributed by atoms with Gasteiger partial charge in [-0.15, -0.1) is 0 Å². The van der Waals surface area contributed by atoms with Gasteiger partial charge in [-0.2, -0.15) is 23.4 Å². The van der Waals surface area contributed by atoms with Crippen molar-refractivity contribution in [1.29, 1.82) is 0 Å². The number of aromatic nitrogens is 4. The molecule has 2 heterocycles. The number of halogens is 4. The second-order valence-electron chi connectivity index (χ2n) is 5.47. The number of aromatic amines is 1. The molecule has 0 saturated heterocycles. The number of nitrogens with zero attached hydrogens (tertiary/aromatic N) is 3. The van der Waals surface area contributed by atoms with Crippen molar-refractivity contribution in [2.45, 2.75) is 19.8 Å². The smallest absolute Gasteiger partial charge is 0.437 e. The van der Waals surface area contributed by atoms with E-state index in [2.05, 4.69) is 20.6 Å². The largest absolute Gasteiger partial charge is 0.471 e. The summed E-state index contributed by atoms with van der Waals surface area (Å²) >= 11 is 5.79. The quantitative estimate of drug-likeness (QED) is 0.682. The lowest BCUT2D eigenvalue weighted by molar-refractivity contribution is -0.140. The minimum Gasteiger partial charge on any atom is -0.471 e. The van der Waals surface area contributed by atoms with E-state index in [1.165, 1.54) is 23.9 Å². The van der Waals surface area contributed by atoms with E-state index in [-0.39, 0.29) is 18.1 Å². The second kappa shape index (κ2) is 7.31. The van der Waals surface area contributed by atoms with Gasteiger partial charge in [0.05, 0.1) is 11.4 Å². The van der Waals surface area contributed by atoms with Gasteiger partial charge in [0.2, 0.25) is 0 Å². The molecule has 27 heavy (non-hydrogen) atoms. The van der Waals surface area contributed by atoms with Crippen molar-refractivity contribution in [2.24, 2.45) is 0 Å². The number of carbonyl (C=O) groups is 1. The number of amides is 1. The number of anilines is 1. The minimum atomic E-state index is -4.70. The molecule has 0 spiro atoms. The van der Waals surface area contributed by atoms with Gasteiger partial charge in [0.1, 0.15) is 11.4 Å². The number of H-pyrrole nitrogens is 1. The van der Waals surface area contributed by atoms with Crippen molar-refractivity contribution >= 4 is 23.2 Å². The maximum atomic E-state index is 13.0. The average Bonchev–Trinajstić information content (AvgIpc) is 3.21. The number of carbonyl (C=O) groups excluding carboxylic acids is 1. The normalized spacial score (nSPS) is 11.4. The first kappa shape index (κ1) is 18.8. The van der Waals surface area contributed by atoms with E-state index in [0.29, 0.717) is 10.8 Å². The fraction of sp³-hybridized carbons (Fsp3) is 0.188. The Bertz CT molecular complexity index is 950. The molecule has 1 aromatic carbocycles. The maximum absolute atomic E-state index is 13.0. The predicted molar refractivity (Wildman–Crippen MR) is 90.6 cm³/mol. The Morgan fingerprint density at radius 2 is 2.00 bits per heavy atom. The van der Waals surface area contributed by atoms with Crippen molar-refractivity contribution in [2.75, 3.05) is 5.32 Å². The molecule has 0 aliphatic carbocycles. The summed E-state index contributed by atoms with van der Waals surface area (Å²) < 4.78 is 45.7. The number of benzene rings is 1. The molecule has 0 atom stereocenters. The van der Waals surface area contributed by atoms with Gasteiger partial charge in [0.25, 0.3) is 5.91 Å². The van der Waals surface area contributed by atoms with Gasteiger partial charge in [-0.05, 0) is 37.3 Å². The third kappa shape index (κ3) is 4.22. The summed E-state index contributed by atoms with van der Waals surface area (Å²) in [5.74, 6) is -0.284. The molecule has 2 N–H and O–H groups in total. The summed E-state index contributed by atoms with van der Waals surface area (Å²) in [4.78, 5) is 12.4. The van der Waals surface area contributed by atoms with Crippen molar-refractivity contribution in [1.82, 2.24) is 20.0 Å². The highest BCUT2D eigenvalue weighted by atomic mass is 35.5. The number of nitrogens with one attached hydrogen (secondary N) is 2. The van der Waals surface area contributed by atoms with E-state index >= 15 is 0 Å². The Morgan fingerprint density at radius 3 is 2.67 bits per heavy atom. The third-order valence-corrected chi connectivity index (χ3v) is 3.82. The van der Waals surface area contributed by atoms with Crippen LogP contribution >= 0.6 is 11.6 Å². The molecule has 0 unspecified atom stereocenters. The minimum absolute atomic E-state index is 0.0256. The van der Waals surface area contributed by atoms with E-state index in [9.17, 15) is 18.0 Å². The standard InChI is InChI=1S/C16H13ClF3N5O2/c1-9-13(14(24-23-9)16(18,19)20)22-15(26)12-6-7-21-25(12)8-27-11-4-2-10(17)3-5-11/h2-7H,8H2,1H3,(H,22,26)(H,23,24). The molecule has 0 aliphatic rings. The van der Waals surface area contributed by atoms with Gasteiger partial charge in [0.15, 0.2) is 12.4 Å². The summed E-state index contributed by atoms with van der Waals surface area (Å²) in [5.41, 5.74) is -1.52. The van der Waals surface area contributed by atoms with Crippen molar-refractivity contribution in [3.05, 3.63) is 58.6 Å². The molecule has 0 saturated carbocycles. The fourth-order valence-electron chi connectivity index (χ4n) is 2.26. The first-order valence-corrected chi connectivity index (χ1v) is 7.97. The average molecular weight is 400 g/mol. The van der Waals surface area contributed by atoms with E-state index in [1.54, 1.807) is 24.3 Å². The number of ether oxygens (including phenoxy) is 1. The van der Waals surface area contributed by atoms with Crippen LogP contribution in [-0.4, -0.2) is 25.9 Å². The van der Waals surface area contributed by atoms with Gasteiger partial charge < -0.3 is 10.1 Å². The van der Waals surface area contributed by atoms with E-state index in [0.717, 1.165) is 0 Å². The Hall–Kier alpha value is -3.01. The first-order chi connectivity index (χ1) is 12.8. The fourth-order valence-corrected chi connectivity index (χ4v) is 2.39. The van der Waals surface area contributed by atoms with Crippen LogP contribution in [-0.2, 0) is 12.9 Å². The summed E-state index contributed by atoms with van der Waals surface area (Å²) in [6, 6.07) is 7.90. The van der Waals surface area contributed by atoms with Crippen LogP contribution in [0.15, 0.2) is 36.5 Å². The van der Waals surface area contributed by atoms with Gasteiger partial charge in [-0.3, -0.25) is 9.89 Å². The van der Waals surface area contributed by atoms with Crippen LogP contribution in [0.1, 0.15) is 21.9 Å².